The number of hydrogen-bond acceptors (Lipinski definition) is 2. The maximum Gasteiger partial charge on any atom is 0.0846 e. The molecule has 0 radical (unpaired) electrons. The molecule has 0 unspecified atom stereocenters. The molecular weight excluding hydrogens is 256 g/mol. The lowest BCUT2D eigenvalue weighted by Gasteiger charge is -2.36. The number of nitriles is 1. The molecule has 0 N–H and O–H groups in total. The molecule has 0 saturated carbocycles. The Balaban J connectivity index is 2.40. The molecule has 1 aliphatic heterocycles. The smallest absolute Gasteiger partial charge is 0.0846 e. The van der Waals surface area contributed by atoms with Crippen LogP contribution in [0.2, 0.25) is 0 Å². The highest BCUT2D eigenvalue weighted by Crippen LogP contribution is 2.35. The van der Waals surface area contributed by atoms with Crippen LogP contribution in [0.3, 0.4) is 0 Å². The fourth-order valence-electron chi connectivity index (χ4n) is 2.87. The van der Waals surface area contributed by atoms with Crippen molar-refractivity contribution in [3.05, 3.63) is 66.8 Å². The highest BCUT2D eigenvalue weighted by Gasteiger charge is 2.35. The summed E-state index contributed by atoms with van der Waals surface area (Å²) in [6, 6.07) is 10.9. The molecule has 0 amide bonds. The number of nitrogens with zero attached hydrogens (tertiary/aromatic N) is 2. The molecule has 2 heteroatoms. The van der Waals surface area contributed by atoms with Crippen molar-refractivity contribution in [2.24, 2.45) is 0 Å². The van der Waals surface area contributed by atoms with Gasteiger partial charge in [0.25, 0.3) is 0 Å². The van der Waals surface area contributed by atoms with Gasteiger partial charge < -0.3 is 4.90 Å². The van der Waals surface area contributed by atoms with E-state index in [1.807, 2.05) is 18.2 Å². The van der Waals surface area contributed by atoms with E-state index in [0.29, 0.717) is 0 Å². The van der Waals surface area contributed by atoms with E-state index in [-0.39, 0.29) is 5.41 Å². The van der Waals surface area contributed by atoms with Crippen molar-refractivity contribution in [2.75, 3.05) is 20.1 Å². The highest BCUT2D eigenvalue weighted by molar-refractivity contribution is 5.75. The lowest BCUT2D eigenvalue weighted by atomic mass is 9.73. The summed E-state index contributed by atoms with van der Waals surface area (Å²) >= 11 is 0. The van der Waals surface area contributed by atoms with Crippen LogP contribution < -0.4 is 0 Å². The van der Waals surface area contributed by atoms with Crippen molar-refractivity contribution in [1.29, 1.82) is 5.26 Å². The molecule has 2 nitrogen and oxygen atoms in total. The van der Waals surface area contributed by atoms with E-state index in [2.05, 4.69) is 49.4 Å². The molecular formula is C19H22N2. The van der Waals surface area contributed by atoms with E-state index in [1.54, 1.807) is 6.08 Å². The van der Waals surface area contributed by atoms with Gasteiger partial charge in [-0.3, -0.25) is 0 Å². The van der Waals surface area contributed by atoms with Gasteiger partial charge in [0.15, 0.2) is 0 Å². The fraction of sp³-hybridized carbons (Fsp3) is 0.316. The second-order valence-electron chi connectivity index (χ2n) is 5.64. The molecule has 0 aromatic heterocycles. The summed E-state index contributed by atoms with van der Waals surface area (Å²) in [5.74, 6) is 0. The molecule has 1 fully saturated rings. The second kappa shape index (κ2) is 6.56. The Bertz CT molecular complexity index is 596. The zero-order valence-corrected chi connectivity index (χ0v) is 12.7. The van der Waals surface area contributed by atoms with E-state index in [4.69, 9.17) is 0 Å². The zero-order valence-electron chi connectivity index (χ0n) is 12.7. The maximum atomic E-state index is 9.75. The minimum Gasteiger partial charge on any atom is -0.306 e. The standard InChI is InChI=1S/C19H22N2/c1-4-7-16(5-2)17-8-6-9-18(14-17)19(15-20)10-12-21(3)13-11-19/h4-9,14H,1-2,10-13H2,3H3/b16-7+. The summed E-state index contributed by atoms with van der Waals surface area (Å²) in [5.41, 5.74) is 2.89. The van der Waals surface area contributed by atoms with Gasteiger partial charge in [-0.2, -0.15) is 5.26 Å². The lowest BCUT2D eigenvalue weighted by Crippen LogP contribution is -2.39. The Morgan fingerprint density at radius 2 is 2.05 bits per heavy atom. The quantitative estimate of drug-likeness (QED) is 0.780. The summed E-state index contributed by atoms with van der Waals surface area (Å²) in [5, 5.41) is 9.75. The van der Waals surface area contributed by atoms with Crippen molar-refractivity contribution < 1.29 is 0 Å². The molecule has 21 heavy (non-hydrogen) atoms. The summed E-state index contributed by atoms with van der Waals surface area (Å²) in [7, 11) is 2.11. The van der Waals surface area contributed by atoms with Gasteiger partial charge >= 0.3 is 0 Å². The van der Waals surface area contributed by atoms with Crippen molar-refractivity contribution in [3.63, 3.8) is 0 Å². The fourth-order valence-corrected chi connectivity index (χ4v) is 2.87. The first-order valence-electron chi connectivity index (χ1n) is 7.31. The van der Waals surface area contributed by atoms with Gasteiger partial charge in [0.05, 0.1) is 11.5 Å². The average molecular weight is 278 g/mol. The second-order valence-corrected chi connectivity index (χ2v) is 5.64. The Kier molecular flexibility index (Phi) is 4.77. The number of benzene rings is 1. The zero-order chi connectivity index (χ0) is 15.3. The Morgan fingerprint density at radius 1 is 1.33 bits per heavy atom. The van der Waals surface area contributed by atoms with Crippen molar-refractivity contribution in [3.8, 4) is 6.07 Å². The van der Waals surface area contributed by atoms with E-state index in [9.17, 15) is 5.26 Å². The Morgan fingerprint density at radius 3 is 2.62 bits per heavy atom. The minimum atomic E-state index is -0.358. The van der Waals surface area contributed by atoms with Crippen LogP contribution in [0.5, 0.6) is 0 Å². The first-order chi connectivity index (χ1) is 10.1. The molecule has 0 aliphatic carbocycles. The summed E-state index contributed by atoms with van der Waals surface area (Å²) in [6.07, 6.45) is 7.31. The SMILES string of the molecule is C=C/C=C(\C=C)c1cccc(C2(C#N)CCN(C)CC2)c1. The molecule has 1 aromatic rings. The third-order valence-corrected chi connectivity index (χ3v) is 4.32. The lowest BCUT2D eigenvalue weighted by molar-refractivity contribution is 0.222. The van der Waals surface area contributed by atoms with Gasteiger partial charge in [0.1, 0.15) is 0 Å². The van der Waals surface area contributed by atoms with Gasteiger partial charge in [-0.1, -0.05) is 49.6 Å². The topological polar surface area (TPSA) is 27.0 Å². The van der Waals surface area contributed by atoms with Crippen LogP contribution in [0.15, 0.2) is 55.7 Å². The van der Waals surface area contributed by atoms with Gasteiger partial charge in [0.2, 0.25) is 0 Å². The summed E-state index contributed by atoms with van der Waals surface area (Å²) in [6.45, 7) is 9.53. The van der Waals surface area contributed by atoms with Crippen LogP contribution in [-0.4, -0.2) is 25.0 Å². The predicted octanol–water partition coefficient (Wildman–Crippen LogP) is 3.93. The van der Waals surface area contributed by atoms with Crippen LogP contribution in [0.4, 0.5) is 0 Å². The van der Waals surface area contributed by atoms with Crippen molar-refractivity contribution in [1.82, 2.24) is 4.90 Å². The van der Waals surface area contributed by atoms with Crippen molar-refractivity contribution in [2.45, 2.75) is 18.3 Å². The van der Waals surface area contributed by atoms with E-state index in [1.165, 1.54) is 0 Å². The minimum absolute atomic E-state index is 0.358. The van der Waals surface area contributed by atoms with Crippen LogP contribution >= 0.6 is 0 Å². The van der Waals surface area contributed by atoms with Crippen molar-refractivity contribution >= 4 is 5.57 Å². The monoisotopic (exact) mass is 278 g/mol. The first kappa shape index (κ1) is 15.3. The first-order valence-corrected chi connectivity index (χ1v) is 7.31. The molecule has 1 aromatic carbocycles. The molecule has 108 valence electrons. The number of rotatable bonds is 4. The van der Waals surface area contributed by atoms with E-state index in [0.717, 1.165) is 42.6 Å². The Labute approximate surface area is 127 Å². The molecule has 0 spiro atoms. The van der Waals surface area contributed by atoms with Gasteiger partial charge in [-0.05, 0) is 55.7 Å². The van der Waals surface area contributed by atoms with Gasteiger partial charge in [-0.15, -0.1) is 0 Å². The molecule has 1 aliphatic rings. The van der Waals surface area contributed by atoms with Crippen LogP contribution in [0.25, 0.3) is 5.57 Å². The summed E-state index contributed by atoms with van der Waals surface area (Å²) in [4.78, 5) is 2.28. The van der Waals surface area contributed by atoms with Crippen LogP contribution in [0, 0.1) is 11.3 Å². The highest BCUT2D eigenvalue weighted by atomic mass is 15.1. The van der Waals surface area contributed by atoms with Gasteiger partial charge in [0, 0.05) is 0 Å². The predicted molar refractivity (Wildman–Crippen MR) is 88.8 cm³/mol. The number of likely N-dealkylation sites (tertiary alicyclic amines) is 1. The molecule has 0 bridgehead atoms. The van der Waals surface area contributed by atoms with E-state index < -0.39 is 0 Å². The van der Waals surface area contributed by atoms with Crippen LogP contribution in [0.1, 0.15) is 24.0 Å². The Hall–Kier alpha value is -2.11. The molecule has 1 saturated heterocycles. The number of hydrogen-bond donors (Lipinski definition) is 0. The normalized spacial score (nSPS) is 18.8. The molecule has 0 atom stereocenters. The largest absolute Gasteiger partial charge is 0.306 e. The van der Waals surface area contributed by atoms with Crippen LogP contribution in [-0.2, 0) is 5.41 Å². The third-order valence-electron chi connectivity index (χ3n) is 4.32. The number of allylic oxidation sites excluding steroid dienone is 4. The number of piperidine rings is 1. The average Bonchev–Trinajstić information content (AvgIpc) is 2.54. The van der Waals surface area contributed by atoms with Gasteiger partial charge in [-0.25, -0.2) is 0 Å². The maximum absolute atomic E-state index is 9.75. The molecule has 1 heterocycles. The summed E-state index contributed by atoms with van der Waals surface area (Å²) < 4.78 is 0. The third kappa shape index (κ3) is 3.15. The van der Waals surface area contributed by atoms with E-state index >= 15 is 0 Å². The molecule has 2 rings (SSSR count).